The van der Waals surface area contributed by atoms with E-state index in [1.807, 2.05) is 30.2 Å². The van der Waals surface area contributed by atoms with E-state index in [0.29, 0.717) is 0 Å². The molecule has 3 heterocycles. The molecule has 4 aromatic rings. The fourth-order valence-electron chi connectivity index (χ4n) is 3.52. The Morgan fingerprint density at radius 2 is 1.36 bits per heavy atom. The largest absolute Gasteiger partial charge is 0.335 e. The van der Waals surface area contributed by atoms with Gasteiger partial charge in [0.1, 0.15) is 0 Å². The summed E-state index contributed by atoms with van der Waals surface area (Å²) in [6.07, 6.45) is 3.72. The molecule has 1 aliphatic rings. The highest BCUT2D eigenvalue weighted by molar-refractivity contribution is 7.99. The van der Waals surface area contributed by atoms with Crippen molar-refractivity contribution in [3.8, 4) is 11.4 Å². The van der Waals surface area contributed by atoms with Gasteiger partial charge in [0, 0.05) is 28.7 Å². The fraction of sp³-hybridized carbons (Fsp3) is 0.0833. The SMILES string of the molecule is Cc1ccnc(-c2cc(CN3c4ccccc4Sc4ccccc43)ccn2)c1. The molecule has 0 radical (unpaired) electrons. The lowest BCUT2D eigenvalue weighted by Gasteiger charge is -2.32. The smallest absolute Gasteiger partial charge is 0.0889 e. The highest BCUT2D eigenvalue weighted by atomic mass is 32.2. The maximum Gasteiger partial charge on any atom is 0.0889 e. The van der Waals surface area contributed by atoms with Crippen LogP contribution in [0.25, 0.3) is 11.4 Å². The van der Waals surface area contributed by atoms with E-state index in [9.17, 15) is 0 Å². The zero-order valence-electron chi connectivity index (χ0n) is 15.5. The molecule has 28 heavy (non-hydrogen) atoms. The highest BCUT2D eigenvalue weighted by Crippen LogP contribution is 2.48. The molecule has 0 atom stereocenters. The third kappa shape index (κ3) is 3.16. The van der Waals surface area contributed by atoms with Gasteiger partial charge in [0.05, 0.1) is 22.8 Å². The minimum Gasteiger partial charge on any atom is -0.335 e. The van der Waals surface area contributed by atoms with Gasteiger partial charge in [0.15, 0.2) is 0 Å². The molecule has 0 unspecified atom stereocenters. The maximum atomic E-state index is 4.55. The van der Waals surface area contributed by atoms with E-state index in [0.717, 1.165) is 17.9 Å². The number of fused-ring (bicyclic) bond motifs is 2. The summed E-state index contributed by atoms with van der Waals surface area (Å²) in [5.74, 6) is 0. The molecule has 0 bridgehead atoms. The van der Waals surface area contributed by atoms with Gasteiger partial charge in [0.25, 0.3) is 0 Å². The van der Waals surface area contributed by atoms with E-state index < -0.39 is 0 Å². The Bertz CT molecular complexity index is 1110. The van der Waals surface area contributed by atoms with Crippen LogP contribution in [0.3, 0.4) is 0 Å². The van der Waals surface area contributed by atoms with Gasteiger partial charge >= 0.3 is 0 Å². The van der Waals surface area contributed by atoms with Crippen LogP contribution >= 0.6 is 11.8 Å². The molecule has 136 valence electrons. The molecule has 0 spiro atoms. The maximum absolute atomic E-state index is 4.55. The predicted octanol–water partition coefficient (Wildman–Crippen LogP) is 6.25. The Hall–Kier alpha value is -3.11. The van der Waals surface area contributed by atoms with Gasteiger partial charge in [-0.1, -0.05) is 36.0 Å². The number of anilines is 2. The molecule has 4 heteroatoms. The monoisotopic (exact) mass is 381 g/mol. The highest BCUT2D eigenvalue weighted by Gasteiger charge is 2.23. The lowest BCUT2D eigenvalue weighted by molar-refractivity contribution is 0.934. The van der Waals surface area contributed by atoms with Crippen molar-refractivity contribution in [2.75, 3.05) is 4.90 Å². The molecule has 0 saturated heterocycles. The van der Waals surface area contributed by atoms with E-state index in [1.165, 1.54) is 32.3 Å². The third-order valence-corrected chi connectivity index (χ3v) is 6.01. The molecule has 2 aromatic carbocycles. The Morgan fingerprint density at radius 3 is 2.04 bits per heavy atom. The summed E-state index contributed by atoms with van der Waals surface area (Å²) in [7, 11) is 0. The van der Waals surface area contributed by atoms with Crippen molar-refractivity contribution in [3.05, 3.63) is 96.3 Å². The number of pyridine rings is 2. The summed E-state index contributed by atoms with van der Waals surface area (Å²) in [6.45, 7) is 2.87. The van der Waals surface area contributed by atoms with Crippen molar-refractivity contribution >= 4 is 23.1 Å². The zero-order chi connectivity index (χ0) is 18.9. The predicted molar refractivity (Wildman–Crippen MR) is 115 cm³/mol. The summed E-state index contributed by atoms with van der Waals surface area (Å²) in [5, 5.41) is 0. The molecule has 0 fully saturated rings. The van der Waals surface area contributed by atoms with Gasteiger partial charge in [0.2, 0.25) is 0 Å². The van der Waals surface area contributed by atoms with Gasteiger partial charge in [-0.2, -0.15) is 0 Å². The van der Waals surface area contributed by atoms with Crippen molar-refractivity contribution in [3.63, 3.8) is 0 Å². The van der Waals surface area contributed by atoms with Crippen LogP contribution in [0.5, 0.6) is 0 Å². The number of rotatable bonds is 3. The van der Waals surface area contributed by atoms with Crippen molar-refractivity contribution < 1.29 is 0 Å². The Morgan fingerprint density at radius 1 is 0.750 bits per heavy atom. The number of para-hydroxylation sites is 2. The van der Waals surface area contributed by atoms with Gasteiger partial charge in [-0.15, -0.1) is 0 Å². The first-order valence-corrected chi connectivity index (χ1v) is 10.1. The molecule has 2 aromatic heterocycles. The summed E-state index contributed by atoms with van der Waals surface area (Å²) < 4.78 is 0. The van der Waals surface area contributed by atoms with Crippen LogP contribution in [-0.2, 0) is 6.54 Å². The summed E-state index contributed by atoms with van der Waals surface area (Å²) in [5.41, 5.74) is 6.72. The lowest BCUT2D eigenvalue weighted by atomic mass is 10.1. The van der Waals surface area contributed by atoms with Crippen molar-refractivity contribution in [1.29, 1.82) is 0 Å². The summed E-state index contributed by atoms with van der Waals surface area (Å²) >= 11 is 1.83. The van der Waals surface area contributed by atoms with Crippen molar-refractivity contribution in [2.45, 2.75) is 23.3 Å². The first-order valence-electron chi connectivity index (χ1n) is 9.29. The first kappa shape index (κ1) is 17.0. The number of aromatic nitrogens is 2. The quantitative estimate of drug-likeness (QED) is 0.419. The minimum absolute atomic E-state index is 0.788. The number of hydrogen-bond donors (Lipinski definition) is 0. The molecule has 0 N–H and O–H groups in total. The van der Waals surface area contributed by atoms with Gasteiger partial charge < -0.3 is 4.90 Å². The number of benzene rings is 2. The number of nitrogens with zero attached hydrogens (tertiary/aromatic N) is 3. The van der Waals surface area contributed by atoms with Crippen LogP contribution < -0.4 is 4.90 Å². The first-order chi connectivity index (χ1) is 13.8. The fourth-order valence-corrected chi connectivity index (χ4v) is 4.62. The van der Waals surface area contributed by atoms with Gasteiger partial charge in [-0.05, 0) is 66.6 Å². The Kier molecular flexibility index (Phi) is 4.34. The molecular weight excluding hydrogens is 362 g/mol. The van der Waals surface area contributed by atoms with E-state index in [4.69, 9.17) is 0 Å². The molecule has 1 aliphatic heterocycles. The summed E-state index contributed by atoms with van der Waals surface area (Å²) in [6, 6.07) is 25.5. The van der Waals surface area contributed by atoms with Crippen LogP contribution in [-0.4, -0.2) is 9.97 Å². The standard InChI is InChI=1S/C24H19N3S/c1-17-10-12-25-19(14-17)20-15-18(11-13-26-20)16-27-21-6-2-4-8-23(21)28-24-9-5-3-7-22(24)27/h2-15H,16H2,1H3. The normalized spacial score (nSPS) is 12.4. The number of hydrogen-bond acceptors (Lipinski definition) is 4. The summed E-state index contributed by atoms with van der Waals surface area (Å²) in [4.78, 5) is 14.0. The molecule has 0 saturated carbocycles. The topological polar surface area (TPSA) is 29.0 Å². The van der Waals surface area contributed by atoms with Gasteiger partial charge in [-0.3, -0.25) is 9.97 Å². The average Bonchev–Trinajstić information content (AvgIpc) is 2.74. The van der Waals surface area contributed by atoms with Crippen LogP contribution in [0.4, 0.5) is 11.4 Å². The second-order valence-corrected chi connectivity index (χ2v) is 7.98. The number of aryl methyl sites for hydroxylation is 1. The van der Waals surface area contributed by atoms with E-state index in [-0.39, 0.29) is 0 Å². The molecular formula is C24H19N3S. The van der Waals surface area contributed by atoms with Crippen molar-refractivity contribution in [1.82, 2.24) is 9.97 Å². The van der Waals surface area contributed by atoms with E-state index >= 15 is 0 Å². The van der Waals surface area contributed by atoms with Gasteiger partial charge in [-0.25, -0.2) is 0 Å². The van der Waals surface area contributed by atoms with E-state index in [2.05, 4.69) is 88.5 Å². The van der Waals surface area contributed by atoms with Crippen LogP contribution in [0.15, 0.2) is 95.0 Å². The van der Waals surface area contributed by atoms with Crippen LogP contribution in [0.1, 0.15) is 11.1 Å². The molecule has 5 rings (SSSR count). The van der Waals surface area contributed by atoms with Crippen LogP contribution in [0.2, 0.25) is 0 Å². The molecule has 0 aliphatic carbocycles. The Labute approximate surface area is 169 Å². The molecule has 3 nitrogen and oxygen atoms in total. The second kappa shape index (κ2) is 7.13. The van der Waals surface area contributed by atoms with Crippen molar-refractivity contribution in [2.24, 2.45) is 0 Å². The second-order valence-electron chi connectivity index (χ2n) is 6.89. The average molecular weight is 382 g/mol. The lowest BCUT2D eigenvalue weighted by Crippen LogP contribution is -2.20. The van der Waals surface area contributed by atoms with Crippen LogP contribution in [0, 0.1) is 6.92 Å². The Balaban J connectivity index is 1.54. The van der Waals surface area contributed by atoms with E-state index in [1.54, 1.807) is 0 Å². The minimum atomic E-state index is 0.788. The zero-order valence-corrected chi connectivity index (χ0v) is 16.4. The molecule has 0 amide bonds. The third-order valence-electron chi connectivity index (χ3n) is 4.87.